The highest BCUT2D eigenvalue weighted by molar-refractivity contribution is 7.91. The summed E-state index contributed by atoms with van der Waals surface area (Å²) in [6.07, 6.45) is 1.23. The highest BCUT2D eigenvalue weighted by Gasteiger charge is 2.42. The van der Waals surface area contributed by atoms with Crippen LogP contribution in [0.1, 0.15) is 24.0 Å². The zero-order valence-electron chi connectivity index (χ0n) is 18.5. The van der Waals surface area contributed by atoms with Gasteiger partial charge in [-0.2, -0.15) is 4.31 Å². The zero-order chi connectivity index (χ0) is 23.3. The Balaban J connectivity index is 1.28. The smallest absolute Gasteiger partial charge is 0.253 e. The Kier molecular flexibility index (Phi) is 6.15. The average Bonchev–Trinajstić information content (AvgIpc) is 3.55. The third-order valence-electron chi connectivity index (χ3n) is 6.54. The van der Waals surface area contributed by atoms with Crippen molar-refractivity contribution in [3.63, 3.8) is 0 Å². The van der Waals surface area contributed by atoms with Crippen molar-refractivity contribution in [2.45, 2.75) is 36.9 Å². The molecule has 33 heavy (non-hydrogen) atoms. The first-order valence-corrected chi connectivity index (χ1v) is 14.4. The number of carbonyl (C=O) groups is 1. The summed E-state index contributed by atoms with van der Waals surface area (Å²) in [5, 5.41) is 0.977. The monoisotopic (exact) mass is 524 g/mol. The number of carbonyl (C=O) groups excluding carboxylic acids is 1. The Morgan fingerprint density at radius 1 is 1.06 bits per heavy atom. The van der Waals surface area contributed by atoms with Gasteiger partial charge in [-0.1, -0.05) is 29.0 Å². The van der Waals surface area contributed by atoms with Gasteiger partial charge in [-0.15, -0.1) is 11.3 Å². The summed E-state index contributed by atoms with van der Waals surface area (Å²) in [6, 6.07) is 6.70. The van der Waals surface area contributed by atoms with Crippen LogP contribution in [-0.2, 0) is 14.8 Å². The van der Waals surface area contributed by atoms with Crippen LogP contribution in [0, 0.1) is 13.8 Å². The van der Waals surface area contributed by atoms with Gasteiger partial charge in [0.05, 0.1) is 14.6 Å². The van der Waals surface area contributed by atoms with Gasteiger partial charge < -0.3 is 9.80 Å². The van der Waals surface area contributed by atoms with Crippen LogP contribution in [-0.4, -0.2) is 67.3 Å². The van der Waals surface area contributed by atoms with E-state index in [4.69, 9.17) is 16.6 Å². The van der Waals surface area contributed by atoms with E-state index in [9.17, 15) is 13.2 Å². The molecule has 0 radical (unpaired) electrons. The molecule has 2 aromatic heterocycles. The number of aromatic nitrogens is 1. The molecule has 5 rings (SSSR count). The normalized spacial score (nSPS) is 20.2. The van der Waals surface area contributed by atoms with E-state index < -0.39 is 16.1 Å². The number of sulfonamides is 1. The third kappa shape index (κ3) is 4.16. The second kappa shape index (κ2) is 8.81. The molecule has 2 aliphatic heterocycles. The second-order valence-corrected chi connectivity index (χ2v) is 13.3. The molecule has 7 nitrogen and oxygen atoms in total. The van der Waals surface area contributed by atoms with Crippen molar-refractivity contribution in [3.05, 3.63) is 39.7 Å². The molecule has 0 aliphatic carbocycles. The lowest BCUT2D eigenvalue weighted by molar-refractivity contribution is -0.134. The Morgan fingerprint density at radius 3 is 2.52 bits per heavy atom. The van der Waals surface area contributed by atoms with Gasteiger partial charge in [0.25, 0.3) is 10.0 Å². The molecule has 4 heterocycles. The summed E-state index contributed by atoms with van der Waals surface area (Å²) in [4.78, 5) is 22.2. The van der Waals surface area contributed by atoms with E-state index in [1.165, 1.54) is 26.2 Å². The van der Waals surface area contributed by atoms with Crippen molar-refractivity contribution < 1.29 is 13.2 Å². The molecule has 1 aromatic carbocycles. The number of amides is 1. The summed E-state index contributed by atoms with van der Waals surface area (Å²) in [5.41, 5.74) is 3.49. The van der Waals surface area contributed by atoms with Crippen molar-refractivity contribution in [3.8, 4) is 0 Å². The lowest BCUT2D eigenvalue weighted by atomic mass is 10.1. The van der Waals surface area contributed by atoms with Crippen molar-refractivity contribution in [2.75, 3.05) is 37.6 Å². The number of aryl methyl sites for hydroxylation is 2. The zero-order valence-corrected chi connectivity index (χ0v) is 21.7. The number of piperazine rings is 1. The Labute approximate surface area is 206 Å². The van der Waals surface area contributed by atoms with Gasteiger partial charge in [0, 0.05) is 32.7 Å². The molecule has 0 bridgehead atoms. The molecule has 11 heteroatoms. The molecular formula is C22H25ClN4O3S3. The van der Waals surface area contributed by atoms with E-state index in [1.807, 2.05) is 0 Å². The maximum absolute atomic E-state index is 13.3. The standard InChI is InChI=1S/C22H25ClN4O3S3/c1-14-5-6-17-20(15(14)2)24-22(31-17)26-12-10-25(11-13-26)21(28)16-4-3-9-27(16)33(29,30)19-8-7-18(23)32-19/h5-8,16H,3-4,9-13H2,1-2H3/t16-/m0/s1. The number of fused-ring (bicyclic) bond motifs is 1. The maximum Gasteiger partial charge on any atom is 0.253 e. The lowest BCUT2D eigenvalue weighted by Crippen LogP contribution is -2.54. The van der Waals surface area contributed by atoms with E-state index in [1.54, 1.807) is 22.3 Å². The Hall–Kier alpha value is -1.72. The first kappa shape index (κ1) is 23.0. The number of thiazole rings is 1. The first-order chi connectivity index (χ1) is 15.8. The van der Waals surface area contributed by atoms with Gasteiger partial charge in [0.15, 0.2) is 5.13 Å². The molecular weight excluding hydrogens is 500 g/mol. The van der Waals surface area contributed by atoms with Crippen LogP contribution in [0.2, 0.25) is 4.34 Å². The lowest BCUT2D eigenvalue weighted by Gasteiger charge is -2.37. The molecule has 1 atom stereocenters. The van der Waals surface area contributed by atoms with Crippen molar-refractivity contribution in [1.29, 1.82) is 0 Å². The van der Waals surface area contributed by atoms with Gasteiger partial charge >= 0.3 is 0 Å². The van der Waals surface area contributed by atoms with Crippen LogP contribution >= 0.6 is 34.3 Å². The summed E-state index contributed by atoms with van der Waals surface area (Å²) in [7, 11) is -3.73. The number of benzene rings is 1. The fourth-order valence-electron chi connectivity index (χ4n) is 4.50. The number of hydrogen-bond acceptors (Lipinski definition) is 7. The summed E-state index contributed by atoms with van der Waals surface area (Å²) in [6.45, 7) is 7.04. The molecule has 2 fully saturated rings. The fraction of sp³-hybridized carbons (Fsp3) is 0.455. The molecule has 2 aliphatic rings. The van der Waals surface area contributed by atoms with Crippen molar-refractivity contribution >= 4 is 65.6 Å². The van der Waals surface area contributed by atoms with E-state index in [2.05, 4.69) is 30.9 Å². The topological polar surface area (TPSA) is 73.8 Å². The van der Waals surface area contributed by atoms with Crippen molar-refractivity contribution in [1.82, 2.24) is 14.2 Å². The van der Waals surface area contributed by atoms with E-state index >= 15 is 0 Å². The van der Waals surface area contributed by atoms with Crippen molar-refractivity contribution in [2.24, 2.45) is 0 Å². The Morgan fingerprint density at radius 2 is 1.82 bits per heavy atom. The summed E-state index contributed by atoms with van der Waals surface area (Å²) >= 11 is 8.66. The molecule has 0 saturated carbocycles. The minimum atomic E-state index is -3.73. The molecule has 1 amide bonds. The van der Waals surface area contributed by atoms with E-state index in [0.717, 1.165) is 22.0 Å². The summed E-state index contributed by atoms with van der Waals surface area (Å²) < 4.78 is 29.4. The number of rotatable bonds is 4. The Bertz CT molecular complexity index is 1310. The van der Waals surface area contributed by atoms with Gasteiger partial charge in [0.2, 0.25) is 5.91 Å². The van der Waals surface area contributed by atoms with E-state index in [0.29, 0.717) is 49.9 Å². The SMILES string of the molecule is Cc1ccc2sc(N3CCN(C(=O)[C@@H]4CCCN4S(=O)(=O)c4ccc(Cl)s4)CC3)nc2c1C. The van der Waals surface area contributed by atoms with Crippen LogP contribution in [0.15, 0.2) is 28.5 Å². The van der Waals surface area contributed by atoms with Gasteiger partial charge in [-0.05, 0) is 56.0 Å². The fourth-order valence-corrected chi connectivity index (χ4v) is 8.84. The largest absolute Gasteiger partial charge is 0.345 e. The molecule has 2 saturated heterocycles. The average molecular weight is 525 g/mol. The molecule has 176 valence electrons. The van der Waals surface area contributed by atoms with E-state index in [-0.39, 0.29) is 10.1 Å². The number of hydrogen-bond donors (Lipinski definition) is 0. The molecule has 0 spiro atoms. The quantitative estimate of drug-likeness (QED) is 0.513. The summed E-state index contributed by atoms with van der Waals surface area (Å²) in [5.74, 6) is -0.103. The van der Waals surface area contributed by atoms with Crippen LogP contribution in [0.3, 0.4) is 0 Å². The number of thiophene rings is 1. The first-order valence-electron chi connectivity index (χ1n) is 10.9. The van der Waals surface area contributed by atoms with Gasteiger partial charge in [0.1, 0.15) is 10.3 Å². The maximum atomic E-state index is 13.3. The van der Waals surface area contributed by atoms with Gasteiger partial charge in [-0.25, -0.2) is 13.4 Å². The van der Waals surface area contributed by atoms with Gasteiger partial charge in [-0.3, -0.25) is 4.79 Å². The molecule has 0 unspecified atom stereocenters. The highest BCUT2D eigenvalue weighted by atomic mass is 35.5. The second-order valence-electron chi connectivity index (χ2n) is 8.50. The minimum Gasteiger partial charge on any atom is -0.345 e. The molecule has 3 aromatic rings. The number of nitrogens with zero attached hydrogens (tertiary/aromatic N) is 4. The molecule has 0 N–H and O–H groups in total. The minimum absolute atomic E-state index is 0.103. The van der Waals surface area contributed by atoms with Crippen LogP contribution in [0.5, 0.6) is 0 Å². The number of halogens is 1. The van der Waals surface area contributed by atoms with Crippen LogP contribution in [0.25, 0.3) is 10.2 Å². The number of anilines is 1. The van der Waals surface area contributed by atoms with Crippen LogP contribution < -0.4 is 4.90 Å². The predicted molar refractivity (Wildman–Crippen MR) is 134 cm³/mol. The van der Waals surface area contributed by atoms with Crippen LogP contribution in [0.4, 0.5) is 5.13 Å². The predicted octanol–water partition coefficient (Wildman–Crippen LogP) is 4.13. The highest BCUT2D eigenvalue weighted by Crippen LogP contribution is 2.34. The third-order valence-corrected chi connectivity index (χ3v) is 11.2.